The average Bonchev–Trinajstić information content (AvgIpc) is 3.95. The fraction of sp³-hybridized carbons (Fsp3) is 0.0357. The van der Waals surface area contributed by atoms with E-state index in [2.05, 4.69) is 215 Å². The third kappa shape index (κ3) is 5.11. The molecule has 2 aromatic heterocycles. The molecule has 12 aromatic rings. The Balaban J connectivity index is 1.01. The van der Waals surface area contributed by atoms with Crippen LogP contribution in [-0.4, -0.2) is 25.6 Å². The van der Waals surface area contributed by atoms with Gasteiger partial charge in [0.2, 0.25) is 0 Å². The second-order valence-electron chi connectivity index (χ2n) is 16.0. The molecule has 10 aromatic carbocycles. The summed E-state index contributed by atoms with van der Waals surface area (Å²) in [5.74, 6) is 1.85. The van der Waals surface area contributed by atoms with Crippen molar-refractivity contribution in [2.24, 2.45) is 0 Å². The van der Waals surface area contributed by atoms with E-state index in [4.69, 9.17) is 9.97 Å². The number of rotatable bonds is 5. The van der Waals surface area contributed by atoms with Crippen molar-refractivity contribution in [1.82, 2.24) is 19.1 Å². The summed E-state index contributed by atoms with van der Waals surface area (Å²) in [6, 6.07) is 70.0. The van der Waals surface area contributed by atoms with Gasteiger partial charge in [0, 0.05) is 60.4 Å². The minimum absolute atomic E-state index is 0.834. The summed E-state index contributed by atoms with van der Waals surface area (Å²) in [5.41, 5.74) is 11.0. The summed E-state index contributed by atoms with van der Waals surface area (Å²) in [6.07, 6.45) is 0. The summed E-state index contributed by atoms with van der Waals surface area (Å²) in [7, 11) is 0. The molecule has 0 spiro atoms. The molecule has 1 aliphatic rings. The van der Waals surface area contributed by atoms with Gasteiger partial charge in [-0.1, -0.05) is 145 Å². The molecule has 0 fully saturated rings. The third-order valence-electron chi connectivity index (χ3n) is 12.6. The molecule has 0 saturated carbocycles. The van der Waals surface area contributed by atoms with Crippen LogP contribution in [0.1, 0.15) is 6.92 Å². The minimum Gasteiger partial charge on any atom is -0.340 e. The number of anilines is 2. The van der Waals surface area contributed by atoms with Crippen molar-refractivity contribution in [2.45, 2.75) is 16.7 Å². The first kappa shape index (κ1) is 35.1. The molecule has 1 aliphatic heterocycles. The van der Waals surface area contributed by atoms with Gasteiger partial charge < -0.3 is 4.90 Å². The van der Waals surface area contributed by atoms with Crippen molar-refractivity contribution >= 4 is 88.3 Å². The minimum atomic E-state index is 0.834. The molecule has 0 atom stereocenters. The first-order valence-electron chi connectivity index (χ1n) is 21.2. The number of benzene rings is 10. The molecule has 5 nitrogen and oxygen atoms in total. The van der Waals surface area contributed by atoms with Gasteiger partial charge in [0.05, 0.1) is 33.4 Å². The third-order valence-corrected chi connectivity index (χ3v) is 13.7. The number of fused-ring (bicyclic) bond motifs is 14. The predicted octanol–water partition coefficient (Wildman–Crippen LogP) is 14.9. The SMILES string of the molecule is CCN1c2ccc(-c3nc4c5ccccc5c5ccccc5c4n3-c3ccccc3)cc2Sc2cc(-c3nc4c5ccccc5c5ccccc5c4n3-c3ccccc3)ccc21. The van der Waals surface area contributed by atoms with Crippen LogP contribution in [0.25, 0.3) is 99.3 Å². The molecule has 0 aliphatic carbocycles. The predicted molar refractivity (Wildman–Crippen MR) is 260 cm³/mol. The number of hydrogen-bond acceptors (Lipinski definition) is 4. The summed E-state index contributed by atoms with van der Waals surface area (Å²) in [6.45, 7) is 3.07. The summed E-state index contributed by atoms with van der Waals surface area (Å²) in [5, 5.41) is 9.59. The van der Waals surface area contributed by atoms with E-state index in [1.807, 2.05) is 11.8 Å². The highest BCUT2D eigenvalue weighted by molar-refractivity contribution is 7.99. The standard InChI is InChI=1S/C56H37N5S/c1-2-59-47-31-29-35(55-57-51-43-25-13-9-21-39(43)41-23-11-15-27-45(41)53(51)60(55)37-17-5-3-6-18-37)33-49(47)62-50-34-36(30-32-48(50)59)56-58-52-44-26-14-10-22-40(44)42-24-12-16-28-46(42)54(52)61(56)38-19-7-4-8-20-38/h3-34H,2H2,1H3. The highest BCUT2D eigenvalue weighted by Crippen LogP contribution is 2.51. The Labute approximate surface area is 362 Å². The second-order valence-corrected chi connectivity index (χ2v) is 17.1. The lowest BCUT2D eigenvalue weighted by Gasteiger charge is -2.32. The molecule has 0 bridgehead atoms. The molecule has 0 saturated heterocycles. The van der Waals surface area contributed by atoms with E-state index in [0.29, 0.717) is 0 Å². The van der Waals surface area contributed by atoms with Gasteiger partial charge in [-0.05, 0) is 89.1 Å². The van der Waals surface area contributed by atoms with Gasteiger partial charge in [-0.15, -0.1) is 0 Å². The van der Waals surface area contributed by atoms with Crippen molar-refractivity contribution in [1.29, 1.82) is 0 Å². The second kappa shape index (κ2) is 13.7. The largest absolute Gasteiger partial charge is 0.340 e. The monoisotopic (exact) mass is 811 g/mol. The summed E-state index contributed by atoms with van der Waals surface area (Å²) in [4.78, 5) is 15.9. The maximum absolute atomic E-state index is 5.56. The Bertz CT molecular complexity index is 3530. The zero-order valence-corrected chi connectivity index (χ0v) is 34.6. The Morgan fingerprint density at radius 1 is 0.387 bits per heavy atom. The van der Waals surface area contributed by atoms with Crippen molar-refractivity contribution in [3.8, 4) is 34.2 Å². The lowest BCUT2D eigenvalue weighted by atomic mass is 10.00. The van der Waals surface area contributed by atoms with Gasteiger partial charge in [-0.25, -0.2) is 9.97 Å². The van der Waals surface area contributed by atoms with Crippen LogP contribution in [0.4, 0.5) is 11.4 Å². The van der Waals surface area contributed by atoms with Gasteiger partial charge in [-0.3, -0.25) is 9.13 Å². The lowest BCUT2D eigenvalue weighted by Crippen LogP contribution is -2.20. The molecule has 292 valence electrons. The first-order valence-corrected chi connectivity index (χ1v) is 22.0. The zero-order valence-electron chi connectivity index (χ0n) is 33.8. The molecule has 3 heterocycles. The molecule has 0 radical (unpaired) electrons. The number of imidazole rings is 2. The van der Waals surface area contributed by atoms with Crippen molar-refractivity contribution in [3.63, 3.8) is 0 Å². The Kier molecular flexibility index (Phi) is 7.75. The van der Waals surface area contributed by atoms with Crippen LogP contribution in [0.5, 0.6) is 0 Å². The first-order chi connectivity index (χ1) is 30.7. The molecule has 13 rings (SSSR count). The lowest BCUT2D eigenvalue weighted by molar-refractivity contribution is 0.978. The van der Waals surface area contributed by atoms with E-state index in [1.165, 1.54) is 53.5 Å². The Hall–Kier alpha value is -7.67. The number of hydrogen-bond donors (Lipinski definition) is 0. The zero-order chi connectivity index (χ0) is 40.9. The highest BCUT2D eigenvalue weighted by Gasteiger charge is 2.27. The molecule has 6 heteroatoms. The van der Waals surface area contributed by atoms with Crippen molar-refractivity contribution in [3.05, 3.63) is 194 Å². The molecule has 62 heavy (non-hydrogen) atoms. The van der Waals surface area contributed by atoms with E-state index >= 15 is 0 Å². The van der Waals surface area contributed by atoms with Gasteiger partial charge in [0.25, 0.3) is 0 Å². The fourth-order valence-corrected chi connectivity index (χ4v) is 11.1. The summed E-state index contributed by atoms with van der Waals surface area (Å²) >= 11 is 1.83. The average molecular weight is 812 g/mol. The number of aromatic nitrogens is 4. The van der Waals surface area contributed by atoms with Crippen LogP contribution in [-0.2, 0) is 0 Å². The number of para-hydroxylation sites is 2. The smallest absolute Gasteiger partial charge is 0.145 e. The fourth-order valence-electron chi connectivity index (χ4n) is 9.96. The number of nitrogens with zero attached hydrogens (tertiary/aromatic N) is 5. The normalized spacial score (nSPS) is 12.6. The van der Waals surface area contributed by atoms with Crippen LogP contribution in [0.3, 0.4) is 0 Å². The molecule has 0 N–H and O–H groups in total. The van der Waals surface area contributed by atoms with Crippen LogP contribution < -0.4 is 4.90 Å². The van der Waals surface area contributed by atoms with E-state index in [0.717, 1.165) is 73.5 Å². The van der Waals surface area contributed by atoms with Crippen molar-refractivity contribution in [2.75, 3.05) is 11.4 Å². The van der Waals surface area contributed by atoms with E-state index < -0.39 is 0 Å². The topological polar surface area (TPSA) is 38.9 Å². The van der Waals surface area contributed by atoms with Gasteiger partial charge in [0.1, 0.15) is 11.6 Å². The summed E-state index contributed by atoms with van der Waals surface area (Å²) < 4.78 is 4.73. The van der Waals surface area contributed by atoms with Crippen LogP contribution in [0.2, 0.25) is 0 Å². The van der Waals surface area contributed by atoms with Crippen LogP contribution >= 0.6 is 11.8 Å². The van der Waals surface area contributed by atoms with Crippen LogP contribution in [0, 0.1) is 0 Å². The molecular weight excluding hydrogens is 775 g/mol. The van der Waals surface area contributed by atoms with E-state index in [-0.39, 0.29) is 0 Å². The Morgan fingerprint density at radius 2 is 0.742 bits per heavy atom. The van der Waals surface area contributed by atoms with Gasteiger partial charge in [-0.2, -0.15) is 0 Å². The maximum Gasteiger partial charge on any atom is 0.145 e. The van der Waals surface area contributed by atoms with Gasteiger partial charge in [0.15, 0.2) is 0 Å². The Morgan fingerprint density at radius 3 is 1.15 bits per heavy atom. The molecule has 0 unspecified atom stereocenters. The quantitative estimate of drug-likeness (QED) is 0.162. The molecular formula is C56H37N5S. The van der Waals surface area contributed by atoms with E-state index in [1.54, 1.807) is 0 Å². The van der Waals surface area contributed by atoms with Crippen LogP contribution in [0.15, 0.2) is 204 Å². The van der Waals surface area contributed by atoms with E-state index in [9.17, 15) is 0 Å². The maximum atomic E-state index is 5.56. The molecule has 0 amide bonds. The highest BCUT2D eigenvalue weighted by atomic mass is 32.2. The van der Waals surface area contributed by atoms with Gasteiger partial charge >= 0.3 is 0 Å². The van der Waals surface area contributed by atoms with Crippen molar-refractivity contribution < 1.29 is 0 Å².